The monoisotopic (exact) mass is 227 g/mol. The predicted molar refractivity (Wildman–Crippen MR) is 56.7 cm³/mol. The summed E-state index contributed by atoms with van der Waals surface area (Å²) >= 11 is 0. The minimum absolute atomic E-state index is 0.173. The lowest BCUT2D eigenvalue weighted by molar-refractivity contribution is -0.138. The second-order valence-electron chi connectivity index (χ2n) is 3.37. The molecule has 0 heterocycles. The van der Waals surface area contributed by atoms with Crippen LogP contribution in [0.3, 0.4) is 0 Å². The molecule has 0 saturated heterocycles. The van der Waals surface area contributed by atoms with E-state index in [1.54, 1.807) is 12.1 Å². The molecule has 0 aliphatic heterocycles. The lowest BCUT2D eigenvalue weighted by Gasteiger charge is -2.08. The number of nitrogens with two attached hydrogens (primary N) is 1. The Morgan fingerprint density at radius 2 is 2.19 bits per heavy atom. The maximum atomic E-state index is 13.1. The number of carboxylic acid groups (broad SMARTS) is 1. The molecule has 4 nitrogen and oxygen atoms in total. The molecule has 88 valence electrons. The summed E-state index contributed by atoms with van der Waals surface area (Å²) in [7, 11) is 0. The number of hydrogen-bond donors (Lipinski definition) is 2. The molecule has 0 aromatic heterocycles. The standard InChI is InChI=1S/C11H14FNO3/c12-8-4-1-2-6-10(8)16-7-3-5-9(13)11(14)15/h1-2,4,6,9H,3,5,7,13H2,(H,14,15). The van der Waals surface area contributed by atoms with Gasteiger partial charge in [-0.25, -0.2) is 4.39 Å². The highest BCUT2D eigenvalue weighted by atomic mass is 19.1. The molecule has 0 spiro atoms. The molecule has 0 aliphatic rings. The van der Waals surface area contributed by atoms with Crippen LogP contribution in [0, 0.1) is 5.82 Å². The summed E-state index contributed by atoms with van der Waals surface area (Å²) in [5.41, 5.74) is 5.30. The van der Waals surface area contributed by atoms with E-state index in [1.165, 1.54) is 12.1 Å². The minimum Gasteiger partial charge on any atom is -0.491 e. The molecule has 1 aromatic carbocycles. The van der Waals surface area contributed by atoms with Crippen LogP contribution in [0.25, 0.3) is 0 Å². The van der Waals surface area contributed by atoms with E-state index in [9.17, 15) is 9.18 Å². The first-order valence-electron chi connectivity index (χ1n) is 4.97. The first kappa shape index (κ1) is 12.4. The summed E-state index contributed by atoms with van der Waals surface area (Å²) in [5.74, 6) is -1.29. The van der Waals surface area contributed by atoms with Crippen molar-refractivity contribution in [2.24, 2.45) is 5.73 Å². The average Bonchev–Trinajstić information content (AvgIpc) is 2.26. The SMILES string of the molecule is NC(CCCOc1ccccc1F)C(=O)O. The molecular weight excluding hydrogens is 213 g/mol. The van der Waals surface area contributed by atoms with Crippen molar-refractivity contribution in [3.8, 4) is 5.75 Å². The third kappa shape index (κ3) is 3.86. The van der Waals surface area contributed by atoms with Crippen molar-refractivity contribution in [1.29, 1.82) is 0 Å². The summed E-state index contributed by atoms with van der Waals surface area (Å²) < 4.78 is 18.2. The van der Waals surface area contributed by atoms with Gasteiger partial charge in [-0.2, -0.15) is 0 Å². The summed E-state index contributed by atoms with van der Waals surface area (Å²) in [6, 6.07) is 5.18. The van der Waals surface area contributed by atoms with E-state index in [0.717, 1.165) is 0 Å². The molecule has 3 N–H and O–H groups in total. The van der Waals surface area contributed by atoms with Crippen molar-refractivity contribution in [2.45, 2.75) is 18.9 Å². The zero-order valence-corrected chi connectivity index (χ0v) is 8.73. The van der Waals surface area contributed by atoms with Gasteiger partial charge in [0.2, 0.25) is 0 Å². The van der Waals surface area contributed by atoms with E-state index in [1.807, 2.05) is 0 Å². The van der Waals surface area contributed by atoms with Crippen LogP contribution in [0.5, 0.6) is 5.75 Å². The summed E-state index contributed by atoms with van der Waals surface area (Å²) in [4.78, 5) is 10.4. The molecule has 0 fully saturated rings. The molecule has 0 radical (unpaired) electrons. The molecule has 1 rings (SSSR count). The zero-order valence-electron chi connectivity index (χ0n) is 8.73. The van der Waals surface area contributed by atoms with Crippen LogP contribution in [0.4, 0.5) is 4.39 Å². The third-order valence-corrected chi connectivity index (χ3v) is 2.07. The minimum atomic E-state index is -1.04. The van der Waals surface area contributed by atoms with E-state index in [2.05, 4.69) is 0 Å². The molecule has 5 heteroatoms. The van der Waals surface area contributed by atoms with Gasteiger partial charge in [-0.15, -0.1) is 0 Å². The Morgan fingerprint density at radius 1 is 1.50 bits per heavy atom. The van der Waals surface area contributed by atoms with Gasteiger partial charge < -0.3 is 15.6 Å². The Morgan fingerprint density at radius 3 is 2.81 bits per heavy atom. The molecule has 1 aromatic rings. The fourth-order valence-corrected chi connectivity index (χ4v) is 1.17. The van der Waals surface area contributed by atoms with Crippen molar-refractivity contribution in [3.05, 3.63) is 30.1 Å². The van der Waals surface area contributed by atoms with Gasteiger partial charge in [-0.05, 0) is 25.0 Å². The molecular formula is C11H14FNO3. The predicted octanol–water partition coefficient (Wildman–Crippen LogP) is 1.40. The number of benzene rings is 1. The topological polar surface area (TPSA) is 72.5 Å². The molecule has 1 atom stereocenters. The highest BCUT2D eigenvalue weighted by Gasteiger charge is 2.10. The first-order valence-corrected chi connectivity index (χ1v) is 4.97. The van der Waals surface area contributed by atoms with Gasteiger partial charge in [0.15, 0.2) is 11.6 Å². The van der Waals surface area contributed by atoms with E-state index < -0.39 is 17.8 Å². The Bertz CT molecular complexity index is 357. The Hall–Kier alpha value is -1.62. The van der Waals surface area contributed by atoms with Crippen LogP contribution in [0.2, 0.25) is 0 Å². The fraction of sp³-hybridized carbons (Fsp3) is 0.364. The van der Waals surface area contributed by atoms with Gasteiger partial charge in [-0.1, -0.05) is 12.1 Å². The van der Waals surface area contributed by atoms with Crippen molar-refractivity contribution >= 4 is 5.97 Å². The van der Waals surface area contributed by atoms with Crippen LogP contribution >= 0.6 is 0 Å². The Balaban J connectivity index is 2.26. The third-order valence-electron chi connectivity index (χ3n) is 2.07. The molecule has 0 saturated carbocycles. The largest absolute Gasteiger partial charge is 0.491 e. The van der Waals surface area contributed by atoms with Crippen LogP contribution in [-0.4, -0.2) is 23.7 Å². The van der Waals surface area contributed by atoms with Crippen LogP contribution in [0.1, 0.15) is 12.8 Å². The Labute approximate surface area is 92.8 Å². The fourth-order valence-electron chi connectivity index (χ4n) is 1.17. The van der Waals surface area contributed by atoms with Gasteiger partial charge in [0.05, 0.1) is 6.61 Å². The highest BCUT2D eigenvalue weighted by molar-refractivity contribution is 5.72. The van der Waals surface area contributed by atoms with E-state index in [-0.39, 0.29) is 12.4 Å². The normalized spacial score (nSPS) is 12.1. The van der Waals surface area contributed by atoms with Crippen LogP contribution < -0.4 is 10.5 Å². The second-order valence-corrected chi connectivity index (χ2v) is 3.37. The smallest absolute Gasteiger partial charge is 0.320 e. The van der Waals surface area contributed by atoms with Crippen molar-refractivity contribution < 1.29 is 19.0 Å². The number of halogens is 1. The number of aliphatic carboxylic acids is 1. The summed E-state index contributed by atoms with van der Waals surface area (Å²) in [6.45, 7) is 0.252. The maximum absolute atomic E-state index is 13.1. The zero-order chi connectivity index (χ0) is 12.0. The van der Waals surface area contributed by atoms with Gasteiger partial charge >= 0.3 is 5.97 Å². The number of ether oxygens (including phenoxy) is 1. The van der Waals surface area contributed by atoms with Gasteiger partial charge in [-0.3, -0.25) is 4.79 Å². The quantitative estimate of drug-likeness (QED) is 0.720. The lowest BCUT2D eigenvalue weighted by Crippen LogP contribution is -2.30. The second kappa shape index (κ2) is 6.07. The number of rotatable bonds is 6. The lowest BCUT2D eigenvalue weighted by atomic mass is 10.2. The first-order chi connectivity index (χ1) is 7.61. The van der Waals surface area contributed by atoms with E-state index >= 15 is 0 Å². The number of para-hydroxylation sites is 1. The van der Waals surface area contributed by atoms with Crippen LogP contribution in [-0.2, 0) is 4.79 Å². The van der Waals surface area contributed by atoms with Crippen LogP contribution in [0.15, 0.2) is 24.3 Å². The number of carbonyl (C=O) groups is 1. The average molecular weight is 227 g/mol. The number of hydrogen-bond acceptors (Lipinski definition) is 3. The molecule has 0 amide bonds. The molecule has 1 unspecified atom stereocenters. The van der Waals surface area contributed by atoms with Crippen molar-refractivity contribution in [2.75, 3.05) is 6.61 Å². The van der Waals surface area contributed by atoms with Gasteiger partial charge in [0.25, 0.3) is 0 Å². The van der Waals surface area contributed by atoms with E-state index in [0.29, 0.717) is 12.8 Å². The van der Waals surface area contributed by atoms with Crippen molar-refractivity contribution in [3.63, 3.8) is 0 Å². The maximum Gasteiger partial charge on any atom is 0.320 e. The highest BCUT2D eigenvalue weighted by Crippen LogP contribution is 2.15. The van der Waals surface area contributed by atoms with Gasteiger partial charge in [0, 0.05) is 0 Å². The molecule has 16 heavy (non-hydrogen) atoms. The van der Waals surface area contributed by atoms with Crippen molar-refractivity contribution in [1.82, 2.24) is 0 Å². The molecule has 0 bridgehead atoms. The van der Waals surface area contributed by atoms with E-state index in [4.69, 9.17) is 15.6 Å². The number of carboxylic acids is 1. The summed E-state index contributed by atoms with van der Waals surface area (Å²) in [5, 5.41) is 8.52. The van der Waals surface area contributed by atoms with Gasteiger partial charge in [0.1, 0.15) is 6.04 Å². The Kier molecular flexibility index (Phi) is 4.72. The summed E-state index contributed by atoms with van der Waals surface area (Å²) in [6.07, 6.45) is 0.783. The molecule has 0 aliphatic carbocycles.